The second kappa shape index (κ2) is 7.23. The molecule has 0 heterocycles. The van der Waals surface area contributed by atoms with Crippen LogP contribution in [0, 0.1) is 5.82 Å². The van der Waals surface area contributed by atoms with Crippen molar-refractivity contribution in [3.05, 3.63) is 30.1 Å². The molecule has 0 radical (unpaired) electrons. The van der Waals surface area contributed by atoms with Gasteiger partial charge in [-0.3, -0.25) is 0 Å². The molecule has 0 amide bonds. The molecule has 16 heavy (non-hydrogen) atoms. The Balaban J connectivity index is 2.24. The van der Waals surface area contributed by atoms with Crippen molar-refractivity contribution in [3.8, 4) is 0 Å². The van der Waals surface area contributed by atoms with Crippen molar-refractivity contribution in [2.24, 2.45) is 0 Å². The van der Waals surface area contributed by atoms with Crippen LogP contribution in [0.25, 0.3) is 0 Å². The highest BCUT2D eigenvalue weighted by Crippen LogP contribution is 2.12. The van der Waals surface area contributed by atoms with Gasteiger partial charge in [0.2, 0.25) is 0 Å². The van der Waals surface area contributed by atoms with E-state index in [1.54, 1.807) is 0 Å². The highest BCUT2D eigenvalue weighted by atomic mass is 19.1. The van der Waals surface area contributed by atoms with E-state index < -0.39 is 0 Å². The SMILES string of the molecule is CCCNCCCN(C)c1ccc(F)cc1. The molecule has 0 bridgehead atoms. The molecule has 3 heteroatoms. The van der Waals surface area contributed by atoms with Crippen molar-refractivity contribution in [1.82, 2.24) is 5.32 Å². The van der Waals surface area contributed by atoms with Crippen LogP contribution in [-0.2, 0) is 0 Å². The number of nitrogens with one attached hydrogen (secondary N) is 1. The largest absolute Gasteiger partial charge is 0.375 e. The van der Waals surface area contributed by atoms with Crippen molar-refractivity contribution in [2.45, 2.75) is 19.8 Å². The number of anilines is 1. The second-order valence-corrected chi connectivity index (χ2v) is 4.00. The highest BCUT2D eigenvalue weighted by molar-refractivity contribution is 5.45. The van der Waals surface area contributed by atoms with Crippen LogP contribution in [0.4, 0.5) is 10.1 Å². The molecule has 0 aromatic heterocycles. The van der Waals surface area contributed by atoms with Crippen molar-refractivity contribution in [2.75, 3.05) is 31.6 Å². The maximum absolute atomic E-state index is 12.7. The van der Waals surface area contributed by atoms with Crippen LogP contribution in [0.15, 0.2) is 24.3 Å². The van der Waals surface area contributed by atoms with E-state index in [4.69, 9.17) is 0 Å². The minimum absolute atomic E-state index is 0.179. The van der Waals surface area contributed by atoms with E-state index >= 15 is 0 Å². The van der Waals surface area contributed by atoms with Crippen LogP contribution >= 0.6 is 0 Å². The molecule has 0 saturated heterocycles. The third-order valence-electron chi connectivity index (χ3n) is 2.54. The average Bonchev–Trinajstić information content (AvgIpc) is 2.29. The van der Waals surface area contributed by atoms with Crippen molar-refractivity contribution >= 4 is 5.69 Å². The van der Waals surface area contributed by atoms with E-state index in [9.17, 15) is 4.39 Å². The third kappa shape index (κ3) is 4.62. The van der Waals surface area contributed by atoms with Crippen LogP contribution in [0.3, 0.4) is 0 Å². The van der Waals surface area contributed by atoms with Crippen molar-refractivity contribution in [1.29, 1.82) is 0 Å². The van der Waals surface area contributed by atoms with Gasteiger partial charge in [-0.25, -0.2) is 4.39 Å². The molecule has 0 atom stereocenters. The average molecular weight is 224 g/mol. The lowest BCUT2D eigenvalue weighted by Gasteiger charge is -2.19. The number of halogens is 1. The first-order chi connectivity index (χ1) is 7.74. The van der Waals surface area contributed by atoms with Gasteiger partial charge in [0, 0.05) is 19.3 Å². The molecule has 1 aromatic rings. The van der Waals surface area contributed by atoms with Gasteiger partial charge in [0.25, 0.3) is 0 Å². The summed E-state index contributed by atoms with van der Waals surface area (Å²) in [5, 5.41) is 3.36. The highest BCUT2D eigenvalue weighted by Gasteiger charge is 2.00. The van der Waals surface area contributed by atoms with Gasteiger partial charge in [-0.2, -0.15) is 0 Å². The fraction of sp³-hybridized carbons (Fsp3) is 0.538. The molecule has 0 spiro atoms. The smallest absolute Gasteiger partial charge is 0.123 e. The predicted molar refractivity (Wildman–Crippen MR) is 67.4 cm³/mol. The molecule has 90 valence electrons. The summed E-state index contributed by atoms with van der Waals surface area (Å²) in [6.07, 6.45) is 2.28. The summed E-state index contributed by atoms with van der Waals surface area (Å²) in [5.41, 5.74) is 1.07. The monoisotopic (exact) mass is 224 g/mol. The summed E-state index contributed by atoms with van der Waals surface area (Å²) in [5.74, 6) is -0.179. The lowest BCUT2D eigenvalue weighted by Crippen LogP contribution is -2.24. The molecule has 2 nitrogen and oxygen atoms in total. The third-order valence-corrected chi connectivity index (χ3v) is 2.54. The molecule has 0 aliphatic rings. The second-order valence-electron chi connectivity index (χ2n) is 4.00. The first-order valence-electron chi connectivity index (χ1n) is 5.91. The quantitative estimate of drug-likeness (QED) is 0.716. The van der Waals surface area contributed by atoms with Crippen LogP contribution in [0.1, 0.15) is 19.8 Å². The maximum Gasteiger partial charge on any atom is 0.123 e. The van der Waals surface area contributed by atoms with E-state index in [-0.39, 0.29) is 5.82 Å². The summed E-state index contributed by atoms with van der Waals surface area (Å²) in [6.45, 7) is 5.28. The predicted octanol–water partition coefficient (Wildman–Crippen LogP) is 2.65. The number of hydrogen-bond acceptors (Lipinski definition) is 2. The summed E-state index contributed by atoms with van der Waals surface area (Å²) in [4.78, 5) is 2.15. The molecule has 1 aromatic carbocycles. The minimum atomic E-state index is -0.179. The topological polar surface area (TPSA) is 15.3 Å². The van der Waals surface area contributed by atoms with Crippen molar-refractivity contribution < 1.29 is 4.39 Å². The van der Waals surface area contributed by atoms with E-state index in [2.05, 4.69) is 17.1 Å². The lowest BCUT2D eigenvalue weighted by atomic mass is 10.2. The Bertz CT molecular complexity index is 284. The van der Waals surface area contributed by atoms with E-state index in [0.717, 1.165) is 31.7 Å². The number of nitrogens with zero attached hydrogens (tertiary/aromatic N) is 1. The lowest BCUT2D eigenvalue weighted by molar-refractivity contribution is 0.626. The molecule has 0 aliphatic carbocycles. The Morgan fingerprint density at radius 3 is 2.50 bits per heavy atom. The van der Waals surface area contributed by atoms with E-state index in [0.29, 0.717) is 0 Å². The Hall–Kier alpha value is -1.09. The van der Waals surface area contributed by atoms with Gasteiger partial charge in [-0.1, -0.05) is 6.92 Å². The van der Waals surface area contributed by atoms with Gasteiger partial charge in [0.15, 0.2) is 0 Å². The Kier molecular flexibility index (Phi) is 5.86. The van der Waals surface area contributed by atoms with Crippen molar-refractivity contribution in [3.63, 3.8) is 0 Å². The maximum atomic E-state index is 12.7. The first-order valence-corrected chi connectivity index (χ1v) is 5.91. The van der Waals surface area contributed by atoms with Gasteiger partial charge in [-0.15, -0.1) is 0 Å². The summed E-state index contributed by atoms with van der Waals surface area (Å²) < 4.78 is 12.7. The molecular weight excluding hydrogens is 203 g/mol. The van der Waals surface area contributed by atoms with Gasteiger partial charge < -0.3 is 10.2 Å². The summed E-state index contributed by atoms with van der Waals surface area (Å²) in [7, 11) is 2.03. The standard InChI is InChI=1S/C13H21FN2/c1-3-9-15-10-4-11-16(2)13-7-5-12(14)6-8-13/h5-8,15H,3-4,9-11H2,1-2H3. The molecule has 0 aliphatic heterocycles. The normalized spacial score (nSPS) is 10.4. The molecule has 0 unspecified atom stereocenters. The minimum Gasteiger partial charge on any atom is -0.375 e. The summed E-state index contributed by atoms with van der Waals surface area (Å²) in [6, 6.07) is 6.63. The Labute approximate surface area is 97.5 Å². The van der Waals surface area contributed by atoms with E-state index in [1.807, 2.05) is 19.2 Å². The fourth-order valence-corrected chi connectivity index (χ4v) is 1.57. The number of hydrogen-bond donors (Lipinski definition) is 1. The van der Waals surface area contributed by atoms with Crippen LogP contribution in [-0.4, -0.2) is 26.7 Å². The van der Waals surface area contributed by atoms with Crippen LogP contribution in [0.2, 0.25) is 0 Å². The molecule has 1 N–H and O–H groups in total. The Morgan fingerprint density at radius 2 is 1.88 bits per heavy atom. The van der Waals surface area contributed by atoms with Gasteiger partial charge >= 0.3 is 0 Å². The summed E-state index contributed by atoms with van der Waals surface area (Å²) >= 11 is 0. The molecular formula is C13H21FN2. The molecule has 0 fully saturated rings. The fourth-order valence-electron chi connectivity index (χ4n) is 1.57. The number of benzene rings is 1. The molecule has 0 saturated carbocycles. The zero-order chi connectivity index (χ0) is 11.8. The zero-order valence-corrected chi connectivity index (χ0v) is 10.2. The van der Waals surface area contributed by atoms with Gasteiger partial charge in [-0.05, 0) is 50.2 Å². The number of rotatable bonds is 7. The van der Waals surface area contributed by atoms with Gasteiger partial charge in [0.1, 0.15) is 5.82 Å². The Morgan fingerprint density at radius 1 is 1.19 bits per heavy atom. The first kappa shape index (κ1) is 13.0. The van der Waals surface area contributed by atoms with Crippen LogP contribution < -0.4 is 10.2 Å². The van der Waals surface area contributed by atoms with E-state index in [1.165, 1.54) is 18.6 Å². The van der Waals surface area contributed by atoms with Crippen LogP contribution in [0.5, 0.6) is 0 Å². The van der Waals surface area contributed by atoms with Gasteiger partial charge in [0.05, 0.1) is 0 Å². The molecule has 1 rings (SSSR count). The zero-order valence-electron chi connectivity index (χ0n) is 10.2.